The van der Waals surface area contributed by atoms with Crippen LogP contribution in [0.15, 0.2) is 36.5 Å². The second-order valence-corrected chi connectivity index (χ2v) is 4.37. The third-order valence-corrected chi connectivity index (χ3v) is 2.98. The van der Waals surface area contributed by atoms with E-state index in [1.165, 1.54) is 12.3 Å². The highest BCUT2D eigenvalue weighted by Gasteiger charge is 2.11. The van der Waals surface area contributed by atoms with E-state index in [4.69, 9.17) is 28.5 Å². The Morgan fingerprint density at radius 1 is 1.32 bits per heavy atom. The fourth-order valence-electron chi connectivity index (χ4n) is 1.44. The Kier molecular flexibility index (Phi) is 4.00. The van der Waals surface area contributed by atoms with E-state index in [9.17, 15) is 4.79 Å². The lowest BCUT2D eigenvalue weighted by Gasteiger charge is -2.06. The van der Waals surface area contributed by atoms with Crippen molar-refractivity contribution in [3.05, 3.63) is 57.8 Å². The molecule has 0 saturated heterocycles. The van der Waals surface area contributed by atoms with Gasteiger partial charge in [0.1, 0.15) is 11.2 Å². The van der Waals surface area contributed by atoms with Crippen LogP contribution >= 0.6 is 23.2 Å². The molecule has 0 aliphatic rings. The van der Waals surface area contributed by atoms with Gasteiger partial charge in [0.2, 0.25) is 0 Å². The monoisotopic (exact) mass is 291 g/mol. The molecule has 94 valence electrons. The SMILES string of the molecule is N#Cc1cc(NC(=O)c2cccnc2Cl)ccc1Cl. The lowest BCUT2D eigenvalue weighted by Crippen LogP contribution is -2.13. The molecule has 19 heavy (non-hydrogen) atoms. The first kappa shape index (κ1) is 13.3. The van der Waals surface area contributed by atoms with Gasteiger partial charge in [0.05, 0.1) is 16.1 Å². The van der Waals surface area contributed by atoms with Crippen molar-refractivity contribution in [3.8, 4) is 6.07 Å². The van der Waals surface area contributed by atoms with Crippen LogP contribution in [0.5, 0.6) is 0 Å². The summed E-state index contributed by atoms with van der Waals surface area (Å²) < 4.78 is 0. The molecule has 1 N–H and O–H groups in total. The molecular formula is C13H7Cl2N3O. The zero-order valence-electron chi connectivity index (χ0n) is 9.52. The maximum Gasteiger partial charge on any atom is 0.258 e. The van der Waals surface area contributed by atoms with E-state index in [1.807, 2.05) is 6.07 Å². The van der Waals surface area contributed by atoms with Crippen molar-refractivity contribution in [3.63, 3.8) is 0 Å². The van der Waals surface area contributed by atoms with E-state index < -0.39 is 5.91 Å². The Bertz CT molecular complexity index is 680. The van der Waals surface area contributed by atoms with Gasteiger partial charge < -0.3 is 5.32 Å². The normalized spacial score (nSPS) is 9.74. The highest BCUT2D eigenvalue weighted by Crippen LogP contribution is 2.21. The number of nitriles is 1. The van der Waals surface area contributed by atoms with E-state index in [0.717, 1.165) is 0 Å². The zero-order chi connectivity index (χ0) is 13.8. The van der Waals surface area contributed by atoms with Gasteiger partial charge >= 0.3 is 0 Å². The summed E-state index contributed by atoms with van der Waals surface area (Å²) >= 11 is 11.6. The Morgan fingerprint density at radius 3 is 2.79 bits per heavy atom. The molecule has 1 amide bonds. The minimum Gasteiger partial charge on any atom is -0.322 e. The van der Waals surface area contributed by atoms with Crippen molar-refractivity contribution in [1.29, 1.82) is 5.26 Å². The van der Waals surface area contributed by atoms with Crippen LogP contribution in [0.3, 0.4) is 0 Å². The van der Waals surface area contributed by atoms with Gasteiger partial charge in [-0.05, 0) is 30.3 Å². The summed E-state index contributed by atoms with van der Waals surface area (Å²) in [4.78, 5) is 15.8. The quantitative estimate of drug-likeness (QED) is 0.861. The van der Waals surface area contributed by atoms with Crippen molar-refractivity contribution in [1.82, 2.24) is 4.98 Å². The molecule has 2 aromatic rings. The van der Waals surface area contributed by atoms with Gasteiger partial charge in [0.15, 0.2) is 0 Å². The number of halogens is 2. The molecule has 4 nitrogen and oxygen atoms in total. The first-order valence-corrected chi connectivity index (χ1v) is 5.99. The van der Waals surface area contributed by atoms with E-state index >= 15 is 0 Å². The van der Waals surface area contributed by atoms with E-state index in [1.54, 1.807) is 24.3 Å². The summed E-state index contributed by atoms with van der Waals surface area (Å²) in [5.74, 6) is -0.399. The Hall–Kier alpha value is -2.09. The van der Waals surface area contributed by atoms with Gasteiger partial charge in [-0.15, -0.1) is 0 Å². The van der Waals surface area contributed by atoms with Crippen molar-refractivity contribution < 1.29 is 4.79 Å². The summed E-state index contributed by atoms with van der Waals surface area (Å²) in [6.07, 6.45) is 1.50. The number of rotatable bonds is 2. The number of hydrogen-bond acceptors (Lipinski definition) is 3. The summed E-state index contributed by atoms with van der Waals surface area (Å²) in [7, 11) is 0. The number of amides is 1. The molecule has 1 aromatic heterocycles. The van der Waals surface area contributed by atoms with Gasteiger partial charge in [0, 0.05) is 11.9 Å². The Morgan fingerprint density at radius 2 is 2.11 bits per heavy atom. The molecule has 0 saturated carbocycles. The summed E-state index contributed by atoms with van der Waals surface area (Å²) in [6, 6.07) is 9.75. The Balaban J connectivity index is 2.25. The number of aromatic nitrogens is 1. The van der Waals surface area contributed by atoms with Crippen LogP contribution in [0.2, 0.25) is 10.2 Å². The van der Waals surface area contributed by atoms with Crippen LogP contribution in [0.4, 0.5) is 5.69 Å². The average Bonchev–Trinajstić information content (AvgIpc) is 2.41. The number of benzene rings is 1. The molecule has 0 fully saturated rings. The number of nitrogens with one attached hydrogen (secondary N) is 1. The molecule has 1 heterocycles. The van der Waals surface area contributed by atoms with Crippen LogP contribution in [-0.4, -0.2) is 10.9 Å². The average molecular weight is 292 g/mol. The lowest BCUT2D eigenvalue weighted by atomic mass is 10.2. The molecule has 6 heteroatoms. The van der Waals surface area contributed by atoms with Gasteiger partial charge in [-0.25, -0.2) is 4.98 Å². The molecule has 0 aliphatic carbocycles. The maximum absolute atomic E-state index is 12.0. The molecule has 0 spiro atoms. The highest BCUT2D eigenvalue weighted by molar-refractivity contribution is 6.33. The van der Waals surface area contributed by atoms with E-state index in [2.05, 4.69) is 10.3 Å². The first-order chi connectivity index (χ1) is 9.11. The second-order valence-electron chi connectivity index (χ2n) is 3.60. The molecule has 0 aliphatic heterocycles. The standard InChI is InChI=1S/C13H7Cl2N3O/c14-11-4-3-9(6-8(11)7-16)18-13(19)10-2-1-5-17-12(10)15/h1-6H,(H,18,19). The van der Waals surface area contributed by atoms with Gasteiger partial charge in [0.25, 0.3) is 5.91 Å². The minimum absolute atomic E-state index is 0.120. The predicted molar refractivity (Wildman–Crippen MR) is 73.4 cm³/mol. The van der Waals surface area contributed by atoms with Gasteiger partial charge in [-0.1, -0.05) is 23.2 Å². The number of carbonyl (C=O) groups excluding carboxylic acids is 1. The topological polar surface area (TPSA) is 65.8 Å². The van der Waals surface area contributed by atoms with Crippen LogP contribution in [-0.2, 0) is 0 Å². The van der Waals surface area contributed by atoms with E-state index in [-0.39, 0.29) is 16.3 Å². The van der Waals surface area contributed by atoms with Crippen molar-refractivity contribution in [2.45, 2.75) is 0 Å². The lowest BCUT2D eigenvalue weighted by molar-refractivity contribution is 0.102. The second kappa shape index (κ2) is 5.70. The van der Waals surface area contributed by atoms with Crippen LogP contribution in [0.25, 0.3) is 0 Å². The molecule has 2 rings (SSSR count). The maximum atomic E-state index is 12.0. The van der Waals surface area contributed by atoms with Crippen LogP contribution < -0.4 is 5.32 Å². The number of carbonyl (C=O) groups is 1. The van der Waals surface area contributed by atoms with Crippen molar-refractivity contribution in [2.75, 3.05) is 5.32 Å². The molecular weight excluding hydrogens is 285 g/mol. The Labute approximate surface area is 119 Å². The molecule has 1 aromatic carbocycles. The van der Waals surface area contributed by atoms with E-state index in [0.29, 0.717) is 10.7 Å². The van der Waals surface area contributed by atoms with Gasteiger partial charge in [-0.3, -0.25) is 4.79 Å². The first-order valence-electron chi connectivity index (χ1n) is 5.23. The summed E-state index contributed by atoms with van der Waals surface area (Å²) in [5, 5.41) is 11.9. The smallest absolute Gasteiger partial charge is 0.258 e. The van der Waals surface area contributed by atoms with Crippen molar-refractivity contribution in [2.24, 2.45) is 0 Å². The molecule has 0 radical (unpaired) electrons. The number of pyridine rings is 1. The summed E-state index contributed by atoms with van der Waals surface area (Å²) in [5.41, 5.74) is 1.01. The molecule has 0 bridgehead atoms. The van der Waals surface area contributed by atoms with Crippen LogP contribution in [0.1, 0.15) is 15.9 Å². The molecule has 0 atom stereocenters. The minimum atomic E-state index is -0.399. The largest absolute Gasteiger partial charge is 0.322 e. The number of anilines is 1. The summed E-state index contributed by atoms with van der Waals surface area (Å²) in [6.45, 7) is 0. The van der Waals surface area contributed by atoms with Gasteiger partial charge in [-0.2, -0.15) is 5.26 Å². The predicted octanol–water partition coefficient (Wildman–Crippen LogP) is 3.51. The fourth-order valence-corrected chi connectivity index (χ4v) is 1.81. The fraction of sp³-hybridized carbons (Fsp3) is 0. The third kappa shape index (κ3) is 3.02. The number of hydrogen-bond donors (Lipinski definition) is 1. The molecule has 0 unspecified atom stereocenters. The zero-order valence-corrected chi connectivity index (χ0v) is 11.0. The highest BCUT2D eigenvalue weighted by atomic mass is 35.5. The van der Waals surface area contributed by atoms with Crippen LogP contribution in [0, 0.1) is 11.3 Å². The third-order valence-electron chi connectivity index (χ3n) is 2.35. The number of nitrogens with zero attached hydrogens (tertiary/aromatic N) is 2. The van der Waals surface area contributed by atoms with Crippen molar-refractivity contribution >= 4 is 34.8 Å².